The van der Waals surface area contributed by atoms with Crippen LogP contribution in [0.4, 0.5) is 0 Å². The maximum Gasteiger partial charge on any atom is 0.241 e. The number of carbonyl (C=O) groups excluding carboxylic acids is 1. The van der Waals surface area contributed by atoms with Gasteiger partial charge in [-0.3, -0.25) is 10.1 Å². The minimum absolute atomic E-state index is 0.00638. The average molecular weight is 242 g/mol. The lowest BCUT2D eigenvalue weighted by molar-refractivity contribution is -0.133. The lowest BCUT2D eigenvalue weighted by atomic mass is 10.0. The zero-order valence-corrected chi connectivity index (χ0v) is 11.7. The van der Waals surface area contributed by atoms with E-state index in [1.807, 2.05) is 4.90 Å². The molecule has 1 aliphatic heterocycles. The van der Waals surface area contributed by atoms with E-state index in [9.17, 15) is 4.79 Å². The predicted octanol–water partition coefficient (Wildman–Crippen LogP) is 1.46. The van der Waals surface area contributed by atoms with E-state index in [0.29, 0.717) is 25.1 Å². The number of rotatable bonds is 6. The number of amides is 1. The second-order valence-electron chi connectivity index (χ2n) is 5.62. The number of hydrogen-bond donors (Lipinski definition) is 1. The fourth-order valence-electron chi connectivity index (χ4n) is 2.32. The van der Waals surface area contributed by atoms with Crippen LogP contribution in [0.15, 0.2) is 0 Å². The van der Waals surface area contributed by atoms with Gasteiger partial charge in [0.25, 0.3) is 0 Å². The zero-order chi connectivity index (χ0) is 13.0. The number of carbonyl (C=O) groups is 1. The van der Waals surface area contributed by atoms with Crippen molar-refractivity contribution in [3.05, 3.63) is 0 Å². The van der Waals surface area contributed by atoms with Crippen LogP contribution in [0.1, 0.15) is 34.1 Å². The van der Waals surface area contributed by atoms with Gasteiger partial charge >= 0.3 is 0 Å². The highest BCUT2D eigenvalue weighted by Gasteiger charge is 2.36. The van der Waals surface area contributed by atoms with E-state index in [4.69, 9.17) is 4.74 Å². The Kier molecular flexibility index (Phi) is 5.40. The van der Waals surface area contributed by atoms with E-state index in [1.165, 1.54) is 0 Å². The van der Waals surface area contributed by atoms with Gasteiger partial charge in [0.05, 0.1) is 25.4 Å². The molecule has 2 atom stereocenters. The first-order valence-corrected chi connectivity index (χ1v) is 6.50. The minimum atomic E-state index is -0.00638. The smallest absolute Gasteiger partial charge is 0.241 e. The van der Waals surface area contributed by atoms with E-state index >= 15 is 0 Å². The summed E-state index contributed by atoms with van der Waals surface area (Å²) < 4.78 is 5.22. The van der Waals surface area contributed by atoms with Crippen LogP contribution in [0.2, 0.25) is 0 Å². The lowest BCUT2D eigenvalue weighted by Gasteiger charge is -2.30. The van der Waals surface area contributed by atoms with Crippen molar-refractivity contribution in [3.8, 4) is 0 Å². The molecule has 1 rings (SSSR count). The fourth-order valence-corrected chi connectivity index (χ4v) is 2.32. The van der Waals surface area contributed by atoms with E-state index in [2.05, 4.69) is 33.0 Å². The third-order valence-electron chi connectivity index (χ3n) is 3.30. The molecule has 1 heterocycles. The van der Waals surface area contributed by atoms with Gasteiger partial charge < -0.3 is 9.64 Å². The number of ether oxygens (including phenoxy) is 1. The van der Waals surface area contributed by atoms with Crippen LogP contribution in [0.25, 0.3) is 0 Å². The van der Waals surface area contributed by atoms with Crippen LogP contribution >= 0.6 is 0 Å². The summed E-state index contributed by atoms with van der Waals surface area (Å²) in [6.07, 6.45) is 0.910. The third kappa shape index (κ3) is 3.68. The van der Waals surface area contributed by atoms with Gasteiger partial charge in [-0.25, -0.2) is 0 Å². The van der Waals surface area contributed by atoms with Crippen LogP contribution in [-0.2, 0) is 9.53 Å². The van der Waals surface area contributed by atoms with E-state index < -0.39 is 0 Å². The summed E-state index contributed by atoms with van der Waals surface area (Å²) in [6.45, 7) is 9.82. The van der Waals surface area contributed by atoms with E-state index in [0.717, 1.165) is 6.42 Å². The molecule has 0 radical (unpaired) electrons. The number of nitrogens with one attached hydrogen (secondary N) is 1. The van der Waals surface area contributed by atoms with Gasteiger partial charge in [0.2, 0.25) is 5.91 Å². The quantitative estimate of drug-likeness (QED) is 0.766. The van der Waals surface area contributed by atoms with Gasteiger partial charge in [-0.2, -0.15) is 0 Å². The first-order chi connectivity index (χ1) is 7.97. The highest BCUT2D eigenvalue weighted by atomic mass is 16.5. The molecule has 17 heavy (non-hydrogen) atoms. The predicted molar refractivity (Wildman–Crippen MR) is 68.6 cm³/mol. The van der Waals surface area contributed by atoms with Gasteiger partial charge in [-0.1, -0.05) is 27.7 Å². The highest BCUT2D eigenvalue weighted by molar-refractivity contribution is 5.84. The molecular formula is C13H26N2O2. The van der Waals surface area contributed by atoms with Crippen LogP contribution in [0, 0.1) is 11.8 Å². The molecule has 0 aromatic rings. The molecule has 1 saturated heterocycles. The summed E-state index contributed by atoms with van der Waals surface area (Å²) in [4.78, 5) is 14.2. The Morgan fingerprint density at radius 2 is 2.06 bits per heavy atom. The molecular weight excluding hydrogens is 216 g/mol. The molecule has 0 bridgehead atoms. The Bertz CT molecular complexity index is 254. The van der Waals surface area contributed by atoms with Gasteiger partial charge in [-0.05, 0) is 18.3 Å². The minimum Gasteiger partial charge on any atom is -0.383 e. The van der Waals surface area contributed by atoms with Crippen LogP contribution in [0.5, 0.6) is 0 Å². The Balaban J connectivity index is 2.63. The van der Waals surface area contributed by atoms with Gasteiger partial charge in [-0.15, -0.1) is 0 Å². The molecule has 0 aromatic heterocycles. The molecule has 4 nitrogen and oxygen atoms in total. The first kappa shape index (κ1) is 14.5. The van der Waals surface area contributed by atoms with Crippen molar-refractivity contribution in [2.75, 3.05) is 20.4 Å². The Hall–Kier alpha value is -0.610. The maximum absolute atomic E-state index is 12.3. The molecule has 0 aromatic carbocycles. The second kappa shape index (κ2) is 6.36. The van der Waals surface area contributed by atoms with Crippen molar-refractivity contribution in [2.45, 2.75) is 46.2 Å². The van der Waals surface area contributed by atoms with Crippen LogP contribution in [0.3, 0.4) is 0 Å². The fraction of sp³-hybridized carbons (Fsp3) is 0.923. The van der Waals surface area contributed by atoms with E-state index in [-0.39, 0.29) is 18.0 Å². The van der Waals surface area contributed by atoms with Crippen LogP contribution < -0.4 is 5.32 Å². The third-order valence-corrected chi connectivity index (χ3v) is 3.30. The largest absolute Gasteiger partial charge is 0.383 e. The van der Waals surface area contributed by atoms with Crippen molar-refractivity contribution < 1.29 is 9.53 Å². The monoisotopic (exact) mass is 242 g/mol. The molecule has 1 amide bonds. The van der Waals surface area contributed by atoms with E-state index in [1.54, 1.807) is 7.11 Å². The van der Waals surface area contributed by atoms with Gasteiger partial charge in [0, 0.05) is 7.11 Å². The summed E-state index contributed by atoms with van der Waals surface area (Å²) in [5.74, 6) is 1.18. The topological polar surface area (TPSA) is 41.6 Å². The lowest BCUT2D eigenvalue weighted by Crippen LogP contribution is -2.44. The van der Waals surface area contributed by atoms with Crippen molar-refractivity contribution in [3.63, 3.8) is 0 Å². The molecule has 2 unspecified atom stereocenters. The Morgan fingerprint density at radius 3 is 2.53 bits per heavy atom. The molecule has 0 aliphatic carbocycles. The summed E-state index contributed by atoms with van der Waals surface area (Å²) in [5, 5.41) is 3.30. The molecule has 1 aliphatic rings. The maximum atomic E-state index is 12.3. The molecule has 100 valence electrons. The van der Waals surface area contributed by atoms with Gasteiger partial charge in [0.15, 0.2) is 0 Å². The Morgan fingerprint density at radius 1 is 1.41 bits per heavy atom. The summed E-state index contributed by atoms with van der Waals surface area (Å²) in [6, 6.07) is 0.172. The number of methoxy groups -OCH3 is 1. The molecule has 1 N–H and O–H groups in total. The molecule has 4 heteroatoms. The number of hydrogen-bond acceptors (Lipinski definition) is 3. The highest BCUT2D eigenvalue weighted by Crippen LogP contribution is 2.19. The molecule has 0 spiro atoms. The van der Waals surface area contributed by atoms with Crippen molar-refractivity contribution in [1.82, 2.24) is 10.2 Å². The van der Waals surface area contributed by atoms with Crippen LogP contribution in [-0.4, -0.2) is 43.3 Å². The normalized spacial score (nSPS) is 22.9. The number of nitrogens with zero attached hydrogens (tertiary/aromatic N) is 1. The molecule has 1 fully saturated rings. The summed E-state index contributed by atoms with van der Waals surface area (Å²) in [7, 11) is 1.69. The zero-order valence-electron chi connectivity index (χ0n) is 11.7. The van der Waals surface area contributed by atoms with Crippen molar-refractivity contribution >= 4 is 5.91 Å². The first-order valence-electron chi connectivity index (χ1n) is 6.50. The SMILES string of the molecule is COCC(C(C)C)N1CNC(CC(C)C)C1=O. The van der Waals surface area contributed by atoms with Crippen molar-refractivity contribution in [1.29, 1.82) is 0 Å². The Labute approximate surface area is 105 Å². The average Bonchev–Trinajstić information content (AvgIpc) is 2.56. The summed E-state index contributed by atoms with van der Waals surface area (Å²) >= 11 is 0. The van der Waals surface area contributed by atoms with Gasteiger partial charge in [0.1, 0.15) is 0 Å². The molecule has 0 saturated carbocycles. The summed E-state index contributed by atoms with van der Waals surface area (Å²) in [5.41, 5.74) is 0. The standard InChI is InChI=1S/C13H26N2O2/c1-9(2)6-11-13(16)15(8-14-11)12(7-17-5)10(3)4/h9-12,14H,6-8H2,1-5H3. The second-order valence-corrected chi connectivity index (χ2v) is 5.62. The van der Waals surface area contributed by atoms with Crippen molar-refractivity contribution in [2.24, 2.45) is 11.8 Å².